The number of hydrogen-bond acceptors (Lipinski definition) is 6. The van der Waals surface area contributed by atoms with Crippen LogP contribution in [-0.4, -0.2) is 25.0 Å². The molecule has 29 heavy (non-hydrogen) atoms. The van der Waals surface area contributed by atoms with Crippen molar-refractivity contribution in [1.29, 1.82) is 0 Å². The maximum Gasteiger partial charge on any atom is 0.336 e. The second kappa shape index (κ2) is 9.05. The van der Waals surface area contributed by atoms with E-state index in [1.54, 1.807) is 30.3 Å². The zero-order valence-electron chi connectivity index (χ0n) is 16.2. The molecule has 0 atom stereocenters. The standard InChI is InChI=1S/C22H21NO6/c1-3-27-18-7-5-4-6-17(18)22(26)23-12-21(25)28-13-15-11-20(24)29-19-10-14(2)8-9-16(15)19/h4-11H,3,12-13H2,1-2H3,(H,23,26). The molecule has 3 aromatic rings. The maximum atomic E-state index is 12.3. The van der Waals surface area contributed by atoms with Crippen LogP contribution in [0.5, 0.6) is 5.75 Å². The lowest BCUT2D eigenvalue weighted by molar-refractivity contribution is -0.143. The van der Waals surface area contributed by atoms with Gasteiger partial charge < -0.3 is 19.2 Å². The van der Waals surface area contributed by atoms with Gasteiger partial charge in [-0.3, -0.25) is 9.59 Å². The van der Waals surface area contributed by atoms with Crippen molar-refractivity contribution in [1.82, 2.24) is 5.32 Å². The van der Waals surface area contributed by atoms with Crippen molar-refractivity contribution in [3.05, 3.63) is 75.6 Å². The molecule has 0 bridgehead atoms. The highest BCUT2D eigenvalue weighted by Crippen LogP contribution is 2.19. The van der Waals surface area contributed by atoms with E-state index in [0.717, 1.165) is 5.56 Å². The quantitative estimate of drug-likeness (QED) is 0.488. The highest BCUT2D eigenvalue weighted by atomic mass is 16.5. The molecule has 0 spiro atoms. The molecule has 0 aliphatic carbocycles. The van der Waals surface area contributed by atoms with E-state index < -0.39 is 17.5 Å². The van der Waals surface area contributed by atoms with E-state index >= 15 is 0 Å². The second-order valence-electron chi connectivity index (χ2n) is 6.36. The summed E-state index contributed by atoms with van der Waals surface area (Å²) in [5.74, 6) is -0.619. The molecule has 1 amide bonds. The minimum atomic E-state index is -0.624. The summed E-state index contributed by atoms with van der Waals surface area (Å²) in [6.45, 7) is 3.72. The van der Waals surface area contributed by atoms with E-state index in [-0.39, 0.29) is 13.2 Å². The third kappa shape index (κ3) is 5.01. The molecule has 0 aliphatic rings. The molecule has 0 saturated heterocycles. The molecule has 0 radical (unpaired) electrons. The number of esters is 1. The molecule has 0 saturated carbocycles. The van der Waals surface area contributed by atoms with Crippen LogP contribution < -0.4 is 15.7 Å². The van der Waals surface area contributed by atoms with Crippen molar-refractivity contribution >= 4 is 22.8 Å². The third-order valence-electron chi connectivity index (χ3n) is 4.20. The lowest BCUT2D eigenvalue weighted by Crippen LogP contribution is -2.31. The highest BCUT2D eigenvalue weighted by molar-refractivity contribution is 5.98. The summed E-state index contributed by atoms with van der Waals surface area (Å²) in [6.07, 6.45) is 0. The summed E-state index contributed by atoms with van der Waals surface area (Å²) >= 11 is 0. The number of hydrogen-bond donors (Lipinski definition) is 1. The number of fused-ring (bicyclic) bond motifs is 1. The SMILES string of the molecule is CCOc1ccccc1C(=O)NCC(=O)OCc1cc(=O)oc2cc(C)ccc12. The van der Waals surface area contributed by atoms with Gasteiger partial charge in [-0.25, -0.2) is 4.79 Å². The van der Waals surface area contributed by atoms with E-state index in [9.17, 15) is 14.4 Å². The highest BCUT2D eigenvalue weighted by Gasteiger charge is 2.14. The lowest BCUT2D eigenvalue weighted by Gasteiger charge is -2.11. The predicted molar refractivity (Wildman–Crippen MR) is 107 cm³/mol. The molecule has 0 fully saturated rings. The summed E-state index contributed by atoms with van der Waals surface area (Å²) in [5.41, 5.74) is 1.74. The predicted octanol–water partition coefficient (Wildman–Crippen LogP) is 2.97. The van der Waals surface area contributed by atoms with Gasteiger partial charge in [-0.05, 0) is 37.6 Å². The van der Waals surface area contributed by atoms with Gasteiger partial charge in [-0.2, -0.15) is 0 Å². The number of aryl methyl sites for hydroxylation is 1. The molecule has 1 N–H and O–H groups in total. The first-order valence-electron chi connectivity index (χ1n) is 9.17. The zero-order chi connectivity index (χ0) is 20.8. The molecule has 0 aliphatic heterocycles. The van der Waals surface area contributed by atoms with Gasteiger partial charge in [0.15, 0.2) is 0 Å². The smallest absolute Gasteiger partial charge is 0.336 e. The van der Waals surface area contributed by atoms with Crippen LogP contribution in [0.1, 0.15) is 28.4 Å². The van der Waals surface area contributed by atoms with Gasteiger partial charge >= 0.3 is 11.6 Å². The van der Waals surface area contributed by atoms with Crippen molar-refractivity contribution in [2.75, 3.05) is 13.2 Å². The van der Waals surface area contributed by atoms with Gasteiger partial charge in [-0.1, -0.05) is 24.3 Å². The fourth-order valence-electron chi connectivity index (χ4n) is 2.85. The monoisotopic (exact) mass is 395 g/mol. The average Bonchev–Trinajstić information content (AvgIpc) is 2.70. The van der Waals surface area contributed by atoms with E-state index in [1.165, 1.54) is 6.07 Å². The van der Waals surface area contributed by atoms with Crippen molar-refractivity contribution in [2.45, 2.75) is 20.5 Å². The van der Waals surface area contributed by atoms with Crippen LogP contribution in [0.3, 0.4) is 0 Å². The number of para-hydroxylation sites is 1. The normalized spacial score (nSPS) is 10.6. The number of benzene rings is 2. The van der Waals surface area contributed by atoms with Crippen LogP contribution in [0.2, 0.25) is 0 Å². The Morgan fingerprint density at radius 3 is 2.69 bits per heavy atom. The Labute approximate surface area is 167 Å². The third-order valence-corrected chi connectivity index (χ3v) is 4.20. The first-order chi connectivity index (χ1) is 14.0. The number of rotatable bonds is 7. The Hall–Kier alpha value is -3.61. The molecule has 7 heteroatoms. The zero-order valence-corrected chi connectivity index (χ0v) is 16.2. The van der Waals surface area contributed by atoms with Crippen LogP contribution in [0.25, 0.3) is 11.0 Å². The molecule has 3 rings (SSSR count). The molecule has 7 nitrogen and oxygen atoms in total. The summed E-state index contributed by atoms with van der Waals surface area (Å²) in [4.78, 5) is 36.1. The minimum absolute atomic E-state index is 0.102. The fourth-order valence-corrected chi connectivity index (χ4v) is 2.85. The molecule has 0 unspecified atom stereocenters. The van der Waals surface area contributed by atoms with Crippen molar-refractivity contribution in [3.8, 4) is 5.75 Å². The van der Waals surface area contributed by atoms with Crippen LogP contribution in [0.15, 0.2) is 57.7 Å². The van der Waals surface area contributed by atoms with Crippen molar-refractivity contribution in [2.24, 2.45) is 0 Å². The summed E-state index contributed by atoms with van der Waals surface area (Å²) in [6, 6.07) is 13.5. The minimum Gasteiger partial charge on any atom is -0.493 e. The van der Waals surface area contributed by atoms with Gasteiger partial charge in [-0.15, -0.1) is 0 Å². The van der Waals surface area contributed by atoms with E-state index in [2.05, 4.69) is 5.32 Å². The van der Waals surface area contributed by atoms with Crippen LogP contribution in [-0.2, 0) is 16.1 Å². The van der Waals surface area contributed by atoms with Crippen molar-refractivity contribution < 1.29 is 23.5 Å². The Balaban J connectivity index is 1.62. The van der Waals surface area contributed by atoms with Crippen LogP contribution in [0.4, 0.5) is 0 Å². The van der Waals surface area contributed by atoms with Gasteiger partial charge in [0, 0.05) is 17.0 Å². The topological polar surface area (TPSA) is 94.8 Å². The molecular weight excluding hydrogens is 374 g/mol. The van der Waals surface area contributed by atoms with E-state index in [4.69, 9.17) is 13.9 Å². The van der Waals surface area contributed by atoms with Crippen LogP contribution >= 0.6 is 0 Å². The number of amides is 1. The summed E-state index contributed by atoms with van der Waals surface area (Å²) in [7, 11) is 0. The Morgan fingerprint density at radius 1 is 1.10 bits per heavy atom. The molecule has 150 valence electrons. The summed E-state index contributed by atoms with van der Waals surface area (Å²) in [5, 5.41) is 3.21. The lowest BCUT2D eigenvalue weighted by atomic mass is 10.1. The van der Waals surface area contributed by atoms with Crippen molar-refractivity contribution in [3.63, 3.8) is 0 Å². The van der Waals surface area contributed by atoms with Gasteiger partial charge in [0.25, 0.3) is 5.91 Å². The summed E-state index contributed by atoms with van der Waals surface area (Å²) < 4.78 is 15.8. The number of carbonyl (C=O) groups is 2. The second-order valence-corrected chi connectivity index (χ2v) is 6.36. The number of ether oxygens (including phenoxy) is 2. The van der Waals surface area contributed by atoms with Gasteiger partial charge in [0.2, 0.25) is 0 Å². The first kappa shape index (κ1) is 20.1. The Morgan fingerprint density at radius 2 is 1.90 bits per heavy atom. The first-order valence-corrected chi connectivity index (χ1v) is 9.17. The number of carbonyl (C=O) groups excluding carboxylic acids is 2. The Kier molecular flexibility index (Phi) is 6.29. The Bertz CT molecular complexity index is 1100. The molecule has 1 aromatic heterocycles. The largest absolute Gasteiger partial charge is 0.493 e. The molecular formula is C22H21NO6. The maximum absolute atomic E-state index is 12.3. The van der Waals surface area contributed by atoms with Gasteiger partial charge in [0.05, 0.1) is 12.2 Å². The molecule has 2 aromatic carbocycles. The van der Waals surface area contributed by atoms with Crippen LogP contribution in [0, 0.1) is 6.92 Å². The fraction of sp³-hybridized carbons (Fsp3) is 0.227. The van der Waals surface area contributed by atoms with E-state index in [0.29, 0.717) is 34.5 Å². The average molecular weight is 395 g/mol. The molecule has 1 heterocycles. The van der Waals surface area contributed by atoms with Gasteiger partial charge in [0.1, 0.15) is 24.5 Å². The van der Waals surface area contributed by atoms with E-state index in [1.807, 2.05) is 26.0 Å². The number of nitrogens with one attached hydrogen (secondary N) is 1.